The van der Waals surface area contributed by atoms with Crippen LogP contribution < -0.4 is 0 Å². The van der Waals surface area contributed by atoms with Crippen molar-refractivity contribution in [2.45, 2.75) is 58.3 Å². The maximum absolute atomic E-state index is 11.1. The molecule has 0 amide bonds. The van der Waals surface area contributed by atoms with Crippen LogP contribution in [0.15, 0.2) is 0 Å². The molecule has 0 radical (unpaired) electrons. The first-order valence-corrected chi connectivity index (χ1v) is 7.99. The van der Waals surface area contributed by atoms with E-state index in [1.165, 1.54) is 44.9 Å². The van der Waals surface area contributed by atoms with E-state index in [-0.39, 0.29) is 0 Å². The third-order valence-corrected chi connectivity index (χ3v) is 5.50. The van der Waals surface area contributed by atoms with Gasteiger partial charge in [-0.3, -0.25) is 0 Å². The lowest BCUT2D eigenvalue weighted by Gasteiger charge is -2.57. The largest absolute Gasteiger partial charge is 0.508 e. The fraction of sp³-hybridized carbons (Fsp3) is 0.938. The van der Waals surface area contributed by atoms with E-state index in [1.807, 2.05) is 0 Å². The van der Waals surface area contributed by atoms with Crippen molar-refractivity contribution in [1.29, 1.82) is 0 Å². The van der Waals surface area contributed by atoms with Gasteiger partial charge in [-0.15, -0.1) is 0 Å². The van der Waals surface area contributed by atoms with Crippen LogP contribution in [0.3, 0.4) is 0 Å². The average molecular weight is 266 g/mol. The Balaban J connectivity index is 1.44. The fourth-order valence-corrected chi connectivity index (χ4v) is 5.36. The molecule has 0 aliphatic heterocycles. The van der Waals surface area contributed by atoms with E-state index >= 15 is 0 Å². The Morgan fingerprint density at radius 2 is 1.63 bits per heavy atom. The number of rotatable bonds is 5. The molecule has 0 N–H and O–H groups in total. The molecule has 4 aliphatic carbocycles. The lowest BCUT2D eigenvalue weighted by atomic mass is 9.48. The Bertz CT molecular complexity index is 302. The van der Waals surface area contributed by atoms with Crippen LogP contribution in [0.4, 0.5) is 4.79 Å². The molecule has 3 heteroatoms. The normalized spacial score (nSPS) is 39.3. The lowest BCUT2D eigenvalue weighted by Crippen LogP contribution is -2.46. The zero-order valence-corrected chi connectivity index (χ0v) is 12.0. The van der Waals surface area contributed by atoms with Crippen LogP contribution in [-0.4, -0.2) is 19.4 Å². The predicted octanol–water partition coefficient (Wildman–Crippen LogP) is 4.16. The highest BCUT2D eigenvalue weighted by Gasteiger charge is 2.50. The van der Waals surface area contributed by atoms with Gasteiger partial charge in [-0.1, -0.05) is 0 Å². The van der Waals surface area contributed by atoms with Gasteiger partial charge in [-0.2, -0.15) is 0 Å². The van der Waals surface area contributed by atoms with E-state index in [2.05, 4.69) is 0 Å². The van der Waals surface area contributed by atoms with Crippen molar-refractivity contribution in [1.82, 2.24) is 0 Å². The first-order chi connectivity index (χ1) is 9.19. The lowest BCUT2D eigenvalue weighted by molar-refractivity contribution is -0.0606. The minimum atomic E-state index is -0.506. The molecule has 0 unspecified atom stereocenters. The van der Waals surface area contributed by atoms with E-state index in [4.69, 9.17) is 9.47 Å². The monoisotopic (exact) mass is 266 g/mol. The van der Waals surface area contributed by atoms with Gasteiger partial charge in [-0.05, 0) is 81.5 Å². The van der Waals surface area contributed by atoms with Gasteiger partial charge in [0.05, 0.1) is 13.2 Å². The summed E-state index contributed by atoms with van der Waals surface area (Å²) < 4.78 is 9.86. The van der Waals surface area contributed by atoms with Crippen LogP contribution in [0.5, 0.6) is 0 Å². The quantitative estimate of drug-likeness (QED) is 0.554. The number of ether oxygens (including phenoxy) is 2. The Morgan fingerprint density at radius 1 is 1.05 bits per heavy atom. The molecule has 108 valence electrons. The van der Waals surface area contributed by atoms with Crippen molar-refractivity contribution < 1.29 is 14.3 Å². The molecular formula is C16H26O3. The highest BCUT2D eigenvalue weighted by Crippen LogP contribution is 2.61. The third kappa shape index (κ3) is 2.90. The van der Waals surface area contributed by atoms with Crippen LogP contribution in [0.25, 0.3) is 0 Å². The summed E-state index contributed by atoms with van der Waals surface area (Å²) in [5.41, 5.74) is 0.604. The summed E-state index contributed by atoms with van der Waals surface area (Å²) >= 11 is 0. The van der Waals surface area contributed by atoms with Crippen molar-refractivity contribution in [3.63, 3.8) is 0 Å². The SMILES string of the molecule is CCOC(=O)OCCCC12CC3CC(CC(C3)C1)C2. The molecular weight excluding hydrogens is 240 g/mol. The molecule has 0 aromatic heterocycles. The first-order valence-electron chi connectivity index (χ1n) is 7.99. The van der Waals surface area contributed by atoms with Gasteiger partial charge in [0, 0.05) is 0 Å². The van der Waals surface area contributed by atoms with E-state index in [9.17, 15) is 4.79 Å². The molecule has 4 saturated carbocycles. The minimum absolute atomic E-state index is 0.397. The maximum atomic E-state index is 11.1. The van der Waals surface area contributed by atoms with Crippen molar-refractivity contribution >= 4 is 6.16 Å². The van der Waals surface area contributed by atoms with Crippen molar-refractivity contribution in [3.8, 4) is 0 Å². The second kappa shape index (κ2) is 5.34. The molecule has 0 atom stereocenters. The summed E-state index contributed by atoms with van der Waals surface area (Å²) in [6, 6.07) is 0. The Kier molecular flexibility index (Phi) is 3.72. The van der Waals surface area contributed by atoms with Gasteiger partial charge < -0.3 is 9.47 Å². The molecule has 0 aromatic rings. The number of carbonyl (C=O) groups is 1. The van der Waals surface area contributed by atoms with Crippen LogP contribution in [0.2, 0.25) is 0 Å². The van der Waals surface area contributed by atoms with Gasteiger partial charge in [-0.25, -0.2) is 4.79 Å². The highest BCUT2D eigenvalue weighted by molar-refractivity contribution is 5.59. The predicted molar refractivity (Wildman–Crippen MR) is 72.8 cm³/mol. The third-order valence-electron chi connectivity index (χ3n) is 5.50. The van der Waals surface area contributed by atoms with Crippen molar-refractivity contribution in [3.05, 3.63) is 0 Å². The Hall–Kier alpha value is -0.730. The van der Waals surface area contributed by atoms with Gasteiger partial charge in [0.15, 0.2) is 0 Å². The number of hydrogen-bond donors (Lipinski definition) is 0. The summed E-state index contributed by atoms with van der Waals surface area (Å²) in [5.74, 6) is 3.03. The van der Waals surface area contributed by atoms with Crippen LogP contribution in [-0.2, 0) is 9.47 Å². The molecule has 3 nitrogen and oxygen atoms in total. The van der Waals surface area contributed by atoms with Gasteiger partial charge >= 0.3 is 6.16 Å². The Morgan fingerprint density at radius 3 is 2.16 bits per heavy atom. The van der Waals surface area contributed by atoms with E-state index in [0.717, 1.165) is 24.2 Å². The smallest absolute Gasteiger partial charge is 0.435 e. The van der Waals surface area contributed by atoms with Gasteiger partial charge in [0.25, 0.3) is 0 Å². The Labute approximate surface area is 116 Å². The minimum Gasteiger partial charge on any atom is -0.435 e. The zero-order valence-electron chi connectivity index (χ0n) is 12.0. The number of carbonyl (C=O) groups excluding carboxylic acids is 1. The molecule has 0 spiro atoms. The molecule has 4 fully saturated rings. The standard InChI is InChI=1S/C16H26O3/c1-2-18-15(17)19-5-3-4-16-9-12-6-13(10-16)8-14(7-12)11-16/h12-14H,2-11H2,1H3. The molecule has 4 rings (SSSR count). The van der Waals surface area contributed by atoms with Crippen LogP contribution in [0.1, 0.15) is 58.3 Å². The number of hydrogen-bond acceptors (Lipinski definition) is 3. The molecule has 4 aliphatic rings. The van der Waals surface area contributed by atoms with E-state index < -0.39 is 6.16 Å². The average Bonchev–Trinajstić information content (AvgIpc) is 2.33. The second-order valence-electron chi connectivity index (χ2n) is 7.05. The highest BCUT2D eigenvalue weighted by atomic mass is 16.7. The summed E-state index contributed by atoms with van der Waals surface area (Å²) in [5, 5.41) is 0. The zero-order chi connectivity index (χ0) is 13.3. The van der Waals surface area contributed by atoms with E-state index in [0.29, 0.717) is 18.6 Å². The molecule has 0 heterocycles. The summed E-state index contributed by atoms with van der Waals surface area (Å²) in [7, 11) is 0. The van der Waals surface area contributed by atoms with Crippen molar-refractivity contribution in [2.24, 2.45) is 23.2 Å². The molecule has 0 aromatic carbocycles. The molecule has 0 saturated heterocycles. The van der Waals surface area contributed by atoms with Crippen LogP contribution in [0, 0.1) is 23.2 Å². The second-order valence-corrected chi connectivity index (χ2v) is 7.05. The summed E-state index contributed by atoms with van der Waals surface area (Å²) in [6.07, 6.45) is 10.6. The first kappa shape index (κ1) is 13.3. The summed E-state index contributed by atoms with van der Waals surface area (Å²) in [6.45, 7) is 2.73. The van der Waals surface area contributed by atoms with Crippen LogP contribution >= 0.6 is 0 Å². The van der Waals surface area contributed by atoms with Crippen molar-refractivity contribution in [2.75, 3.05) is 13.2 Å². The summed E-state index contributed by atoms with van der Waals surface area (Å²) in [4.78, 5) is 11.1. The fourth-order valence-electron chi connectivity index (χ4n) is 5.36. The van der Waals surface area contributed by atoms with Gasteiger partial charge in [0.2, 0.25) is 0 Å². The van der Waals surface area contributed by atoms with E-state index in [1.54, 1.807) is 6.92 Å². The topological polar surface area (TPSA) is 35.5 Å². The van der Waals surface area contributed by atoms with Gasteiger partial charge in [0.1, 0.15) is 0 Å². The maximum Gasteiger partial charge on any atom is 0.508 e. The molecule has 4 bridgehead atoms. The molecule has 19 heavy (non-hydrogen) atoms.